The molecule has 0 aliphatic heterocycles. The standard InChI is InChI=1S/C24H20ClF3N2O3/c1-32-22-12-17(9-10-21(22)33-15-18-6-2-3-8-20(18)25)14-29-30-23(31)13-16-5-4-7-19(11-16)24(26,27)28/h2-12,14H,13,15H2,1H3,(H,30,31)/b29-14+. The first-order chi connectivity index (χ1) is 15.8. The van der Waals surface area contributed by atoms with Gasteiger partial charge in [-0.25, -0.2) is 5.43 Å². The number of alkyl halides is 3. The van der Waals surface area contributed by atoms with Crippen LogP contribution in [0.1, 0.15) is 22.3 Å². The van der Waals surface area contributed by atoms with Gasteiger partial charge in [-0.1, -0.05) is 48.0 Å². The summed E-state index contributed by atoms with van der Waals surface area (Å²) in [5, 5.41) is 4.46. The molecule has 0 aliphatic rings. The maximum absolute atomic E-state index is 12.8. The van der Waals surface area contributed by atoms with Gasteiger partial charge in [-0.2, -0.15) is 18.3 Å². The van der Waals surface area contributed by atoms with Gasteiger partial charge in [0.25, 0.3) is 0 Å². The predicted molar refractivity (Wildman–Crippen MR) is 120 cm³/mol. The van der Waals surface area contributed by atoms with Crippen LogP contribution in [0.5, 0.6) is 11.5 Å². The zero-order valence-corrected chi connectivity index (χ0v) is 18.3. The molecule has 0 unspecified atom stereocenters. The number of carbonyl (C=O) groups excluding carboxylic acids is 1. The minimum absolute atomic E-state index is 0.235. The van der Waals surface area contributed by atoms with E-state index < -0.39 is 17.6 Å². The number of amides is 1. The third-order valence-electron chi connectivity index (χ3n) is 4.55. The number of hydrazone groups is 1. The quantitative estimate of drug-likeness (QED) is 0.338. The number of hydrogen-bond acceptors (Lipinski definition) is 4. The topological polar surface area (TPSA) is 59.9 Å². The lowest BCUT2D eigenvalue weighted by Crippen LogP contribution is -2.20. The van der Waals surface area contributed by atoms with E-state index >= 15 is 0 Å². The summed E-state index contributed by atoms with van der Waals surface area (Å²) in [4.78, 5) is 12.0. The number of halogens is 4. The van der Waals surface area contributed by atoms with Gasteiger partial charge in [0.2, 0.25) is 5.91 Å². The van der Waals surface area contributed by atoms with Gasteiger partial charge in [-0.15, -0.1) is 0 Å². The van der Waals surface area contributed by atoms with Crippen molar-refractivity contribution < 1.29 is 27.4 Å². The minimum Gasteiger partial charge on any atom is -0.493 e. The number of ether oxygens (including phenoxy) is 2. The Morgan fingerprint density at radius 3 is 2.58 bits per heavy atom. The molecule has 0 aromatic heterocycles. The molecule has 0 atom stereocenters. The van der Waals surface area contributed by atoms with Gasteiger partial charge in [0, 0.05) is 10.6 Å². The number of carbonyl (C=O) groups is 1. The van der Waals surface area contributed by atoms with E-state index in [0.717, 1.165) is 17.7 Å². The summed E-state index contributed by atoms with van der Waals surface area (Å²) in [6, 6.07) is 17.0. The highest BCUT2D eigenvalue weighted by atomic mass is 35.5. The Kier molecular flexibility index (Phi) is 7.95. The van der Waals surface area contributed by atoms with E-state index in [1.54, 1.807) is 24.3 Å². The summed E-state index contributed by atoms with van der Waals surface area (Å²) in [7, 11) is 1.50. The molecule has 0 fully saturated rings. The Hall–Kier alpha value is -3.52. The predicted octanol–water partition coefficient (Wildman–Crippen LogP) is 5.64. The molecule has 0 spiro atoms. The molecule has 0 saturated heterocycles. The normalized spacial score (nSPS) is 11.4. The maximum atomic E-state index is 12.8. The SMILES string of the molecule is COc1cc(/C=N/NC(=O)Cc2cccc(C(F)(F)F)c2)ccc1OCc1ccccc1Cl. The molecule has 1 N–H and O–H groups in total. The first kappa shape index (κ1) is 24.1. The number of rotatable bonds is 8. The summed E-state index contributed by atoms with van der Waals surface area (Å²) in [5.41, 5.74) is 3.19. The van der Waals surface area contributed by atoms with Crippen LogP contribution in [-0.4, -0.2) is 19.2 Å². The molecule has 5 nitrogen and oxygen atoms in total. The van der Waals surface area contributed by atoms with E-state index in [-0.39, 0.29) is 18.6 Å². The number of nitrogens with zero attached hydrogens (tertiary/aromatic N) is 1. The average Bonchev–Trinajstić information content (AvgIpc) is 2.78. The molecule has 0 radical (unpaired) electrons. The molecule has 172 valence electrons. The van der Waals surface area contributed by atoms with Crippen molar-refractivity contribution in [3.63, 3.8) is 0 Å². The van der Waals surface area contributed by atoms with Crippen molar-refractivity contribution >= 4 is 23.7 Å². The van der Waals surface area contributed by atoms with Gasteiger partial charge in [-0.3, -0.25) is 4.79 Å². The van der Waals surface area contributed by atoms with Crippen LogP contribution in [0.3, 0.4) is 0 Å². The monoisotopic (exact) mass is 476 g/mol. The Morgan fingerprint density at radius 2 is 1.85 bits per heavy atom. The first-order valence-electron chi connectivity index (χ1n) is 9.78. The maximum Gasteiger partial charge on any atom is 0.416 e. The van der Waals surface area contributed by atoms with Crippen molar-refractivity contribution in [2.45, 2.75) is 19.2 Å². The van der Waals surface area contributed by atoms with Crippen molar-refractivity contribution in [2.75, 3.05) is 7.11 Å². The fraction of sp³-hybridized carbons (Fsp3) is 0.167. The second-order valence-electron chi connectivity index (χ2n) is 6.96. The van der Waals surface area contributed by atoms with E-state index in [0.29, 0.717) is 22.1 Å². The van der Waals surface area contributed by atoms with Gasteiger partial charge in [0.1, 0.15) is 6.61 Å². The van der Waals surface area contributed by atoms with E-state index in [1.807, 2.05) is 18.2 Å². The van der Waals surface area contributed by atoms with Crippen molar-refractivity contribution in [3.8, 4) is 11.5 Å². The van der Waals surface area contributed by atoms with Crippen molar-refractivity contribution in [2.24, 2.45) is 5.10 Å². The van der Waals surface area contributed by atoms with E-state index in [1.165, 1.54) is 25.5 Å². The number of methoxy groups -OCH3 is 1. The highest BCUT2D eigenvalue weighted by Crippen LogP contribution is 2.30. The number of benzene rings is 3. The zero-order valence-electron chi connectivity index (χ0n) is 17.5. The highest BCUT2D eigenvalue weighted by molar-refractivity contribution is 6.31. The zero-order chi connectivity index (χ0) is 23.8. The molecule has 3 aromatic carbocycles. The Morgan fingerprint density at radius 1 is 1.06 bits per heavy atom. The fourth-order valence-corrected chi connectivity index (χ4v) is 3.11. The van der Waals surface area contributed by atoms with Crippen molar-refractivity contribution in [1.82, 2.24) is 5.43 Å². The van der Waals surface area contributed by atoms with Gasteiger partial charge in [0.15, 0.2) is 11.5 Å². The molecule has 0 heterocycles. The van der Waals surface area contributed by atoms with Gasteiger partial charge in [0.05, 0.1) is 25.3 Å². The fourth-order valence-electron chi connectivity index (χ4n) is 2.92. The number of nitrogens with one attached hydrogen (secondary N) is 1. The van der Waals surface area contributed by atoms with E-state index in [9.17, 15) is 18.0 Å². The third kappa shape index (κ3) is 6.98. The summed E-state index contributed by atoms with van der Waals surface area (Å²) < 4.78 is 49.5. The lowest BCUT2D eigenvalue weighted by molar-refractivity contribution is -0.137. The molecule has 0 aliphatic carbocycles. The molecule has 3 aromatic rings. The van der Waals surface area contributed by atoms with Crippen LogP contribution in [0, 0.1) is 0 Å². The number of hydrogen-bond donors (Lipinski definition) is 1. The molecular formula is C24H20ClF3N2O3. The van der Waals surface area contributed by atoms with E-state index in [4.69, 9.17) is 21.1 Å². The molecule has 0 saturated carbocycles. The summed E-state index contributed by atoms with van der Waals surface area (Å²) in [6.07, 6.45) is -3.31. The smallest absolute Gasteiger partial charge is 0.416 e. The van der Waals surface area contributed by atoms with Crippen LogP contribution >= 0.6 is 11.6 Å². The first-order valence-corrected chi connectivity index (χ1v) is 10.2. The summed E-state index contributed by atoms with van der Waals surface area (Å²) in [5.74, 6) is 0.418. The van der Waals surface area contributed by atoms with Crippen LogP contribution < -0.4 is 14.9 Å². The molecule has 33 heavy (non-hydrogen) atoms. The lowest BCUT2D eigenvalue weighted by Gasteiger charge is -2.12. The highest BCUT2D eigenvalue weighted by Gasteiger charge is 2.30. The minimum atomic E-state index is -4.47. The summed E-state index contributed by atoms with van der Waals surface area (Å²) in [6.45, 7) is 0.259. The van der Waals surface area contributed by atoms with Crippen LogP contribution in [-0.2, 0) is 24.0 Å². The summed E-state index contributed by atoms with van der Waals surface area (Å²) >= 11 is 6.14. The second-order valence-corrected chi connectivity index (χ2v) is 7.37. The molecule has 9 heteroatoms. The molecule has 0 bridgehead atoms. The Balaban J connectivity index is 1.58. The molecule has 1 amide bonds. The van der Waals surface area contributed by atoms with E-state index in [2.05, 4.69) is 10.5 Å². The van der Waals surface area contributed by atoms with Gasteiger partial charge in [-0.05, 0) is 41.5 Å². The Bertz CT molecular complexity index is 1150. The van der Waals surface area contributed by atoms with Gasteiger partial charge >= 0.3 is 6.18 Å². The van der Waals surface area contributed by atoms with Crippen LogP contribution in [0.4, 0.5) is 13.2 Å². The van der Waals surface area contributed by atoms with Crippen LogP contribution in [0.25, 0.3) is 0 Å². The molecular weight excluding hydrogens is 457 g/mol. The lowest BCUT2D eigenvalue weighted by atomic mass is 10.1. The third-order valence-corrected chi connectivity index (χ3v) is 4.92. The van der Waals surface area contributed by atoms with Crippen LogP contribution in [0.15, 0.2) is 71.8 Å². The van der Waals surface area contributed by atoms with Crippen molar-refractivity contribution in [3.05, 3.63) is 94.0 Å². The largest absolute Gasteiger partial charge is 0.493 e. The molecule has 3 rings (SSSR count). The second kappa shape index (κ2) is 10.9. The van der Waals surface area contributed by atoms with Gasteiger partial charge < -0.3 is 9.47 Å². The van der Waals surface area contributed by atoms with Crippen molar-refractivity contribution in [1.29, 1.82) is 0 Å². The van der Waals surface area contributed by atoms with Crippen LogP contribution in [0.2, 0.25) is 5.02 Å². The Labute approximate surface area is 193 Å². The average molecular weight is 477 g/mol.